The van der Waals surface area contributed by atoms with Crippen molar-refractivity contribution in [3.8, 4) is 5.75 Å². The minimum atomic E-state index is -0.180. The van der Waals surface area contributed by atoms with Gasteiger partial charge in [-0.05, 0) is 37.0 Å². The summed E-state index contributed by atoms with van der Waals surface area (Å²) in [7, 11) is 0. The molecule has 2 rings (SSSR count). The molecule has 1 aliphatic rings. The number of aliphatic hydroxyl groups excluding tert-OH is 1. The molecule has 1 aliphatic heterocycles. The lowest BCUT2D eigenvalue weighted by Crippen LogP contribution is -2.39. The molecule has 0 radical (unpaired) electrons. The van der Waals surface area contributed by atoms with Gasteiger partial charge in [-0.15, -0.1) is 0 Å². The smallest absolute Gasteiger partial charge is 0.257 e. The summed E-state index contributed by atoms with van der Waals surface area (Å²) in [6, 6.07) is 4.50. The minimum Gasteiger partial charge on any atom is -0.507 e. The molecule has 0 unspecified atom stereocenters. The van der Waals surface area contributed by atoms with Gasteiger partial charge in [-0.2, -0.15) is 0 Å². The molecule has 5 heteroatoms. The zero-order valence-electron chi connectivity index (χ0n) is 9.97. The number of piperidine rings is 1. The lowest BCUT2D eigenvalue weighted by atomic mass is 9.97. The van der Waals surface area contributed by atoms with Crippen LogP contribution in [0.1, 0.15) is 23.2 Å². The summed E-state index contributed by atoms with van der Waals surface area (Å²) in [6.07, 6.45) is 1.60. The maximum absolute atomic E-state index is 12.2. The Kier molecular flexibility index (Phi) is 4.09. The monoisotopic (exact) mass is 269 g/mol. The number of hydrogen-bond acceptors (Lipinski definition) is 3. The number of hydrogen-bond donors (Lipinski definition) is 2. The van der Waals surface area contributed by atoms with E-state index in [9.17, 15) is 9.90 Å². The van der Waals surface area contributed by atoms with Crippen molar-refractivity contribution in [1.29, 1.82) is 0 Å². The van der Waals surface area contributed by atoms with E-state index in [1.807, 2.05) is 0 Å². The molecule has 1 heterocycles. The average Bonchev–Trinajstić information content (AvgIpc) is 2.38. The molecule has 0 bridgehead atoms. The Morgan fingerprint density at radius 1 is 1.39 bits per heavy atom. The van der Waals surface area contributed by atoms with Gasteiger partial charge in [0.15, 0.2) is 0 Å². The summed E-state index contributed by atoms with van der Waals surface area (Å²) in [5.74, 6) is 0.0187. The molecule has 0 aromatic heterocycles. The van der Waals surface area contributed by atoms with E-state index in [-0.39, 0.29) is 29.7 Å². The molecule has 98 valence electrons. The van der Waals surface area contributed by atoms with Gasteiger partial charge in [-0.1, -0.05) is 11.6 Å². The topological polar surface area (TPSA) is 60.8 Å². The molecule has 4 nitrogen and oxygen atoms in total. The summed E-state index contributed by atoms with van der Waals surface area (Å²) in [4.78, 5) is 13.9. The van der Waals surface area contributed by atoms with E-state index in [0.717, 1.165) is 12.8 Å². The standard InChI is InChI=1S/C13H16ClNO3/c14-10-1-2-11(12(17)7-10)13(18)15-5-3-9(8-16)4-6-15/h1-2,7,9,16-17H,3-6,8H2. The van der Waals surface area contributed by atoms with Crippen LogP contribution in [0.2, 0.25) is 5.02 Å². The number of rotatable bonds is 2. The van der Waals surface area contributed by atoms with Crippen molar-refractivity contribution < 1.29 is 15.0 Å². The summed E-state index contributed by atoms with van der Waals surface area (Å²) >= 11 is 5.73. The van der Waals surface area contributed by atoms with E-state index in [1.54, 1.807) is 11.0 Å². The number of nitrogens with zero attached hydrogens (tertiary/aromatic N) is 1. The van der Waals surface area contributed by atoms with Crippen molar-refractivity contribution in [3.05, 3.63) is 28.8 Å². The summed E-state index contributed by atoms with van der Waals surface area (Å²) in [5, 5.41) is 19.2. The highest BCUT2D eigenvalue weighted by Gasteiger charge is 2.24. The van der Waals surface area contributed by atoms with Crippen LogP contribution in [-0.2, 0) is 0 Å². The van der Waals surface area contributed by atoms with E-state index in [1.165, 1.54) is 12.1 Å². The van der Waals surface area contributed by atoms with Gasteiger partial charge in [-0.3, -0.25) is 4.79 Å². The van der Waals surface area contributed by atoms with Gasteiger partial charge in [0.2, 0.25) is 0 Å². The molecule has 1 amide bonds. The second-order valence-corrected chi connectivity index (χ2v) is 5.02. The molecule has 1 aromatic rings. The highest BCUT2D eigenvalue weighted by atomic mass is 35.5. The molecule has 0 spiro atoms. The zero-order chi connectivity index (χ0) is 13.1. The fourth-order valence-electron chi connectivity index (χ4n) is 2.17. The first-order valence-corrected chi connectivity index (χ1v) is 6.38. The number of phenolic OH excluding ortho intramolecular Hbond substituents is 1. The van der Waals surface area contributed by atoms with E-state index < -0.39 is 0 Å². The second kappa shape index (κ2) is 5.59. The fourth-order valence-corrected chi connectivity index (χ4v) is 2.34. The number of phenols is 1. The number of aromatic hydroxyl groups is 1. The summed E-state index contributed by atoms with van der Waals surface area (Å²) in [6.45, 7) is 1.41. The predicted molar refractivity (Wildman–Crippen MR) is 68.8 cm³/mol. The summed E-state index contributed by atoms with van der Waals surface area (Å²) in [5.41, 5.74) is 0.279. The zero-order valence-corrected chi connectivity index (χ0v) is 10.7. The largest absolute Gasteiger partial charge is 0.507 e. The Bertz CT molecular complexity index is 442. The van der Waals surface area contributed by atoms with Gasteiger partial charge < -0.3 is 15.1 Å². The number of amides is 1. The van der Waals surface area contributed by atoms with Gasteiger partial charge in [-0.25, -0.2) is 0 Å². The first kappa shape index (κ1) is 13.2. The van der Waals surface area contributed by atoms with E-state index in [0.29, 0.717) is 18.1 Å². The first-order valence-electron chi connectivity index (χ1n) is 6.00. The highest BCUT2D eigenvalue weighted by molar-refractivity contribution is 6.30. The van der Waals surface area contributed by atoms with Crippen LogP contribution in [0.4, 0.5) is 0 Å². The van der Waals surface area contributed by atoms with E-state index in [2.05, 4.69) is 0 Å². The molecular weight excluding hydrogens is 254 g/mol. The molecule has 1 fully saturated rings. The molecule has 0 aliphatic carbocycles. The van der Waals surface area contributed by atoms with Crippen LogP contribution in [0, 0.1) is 5.92 Å². The van der Waals surface area contributed by atoms with Crippen LogP contribution in [0.5, 0.6) is 5.75 Å². The molecule has 2 N–H and O–H groups in total. The number of carbonyl (C=O) groups excluding carboxylic acids is 1. The summed E-state index contributed by atoms with van der Waals surface area (Å²) < 4.78 is 0. The van der Waals surface area contributed by atoms with Crippen molar-refractivity contribution in [2.75, 3.05) is 19.7 Å². The Morgan fingerprint density at radius 3 is 2.61 bits per heavy atom. The maximum atomic E-state index is 12.2. The molecule has 0 atom stereocenters. The first-order chi connectivity index (χ1) is 8.61. The van der Waals surface area contributed by atoms with E-state index in [4.69, 9.17) is 16.7 Å². The van der Waals surface area contributed by atoms with Gasteiger partial charge in [0.25, 0.3) is 5.91 Å². The second-order valence-electron chi connectivity index (χ2n) is 4.58. The SMILES string of the molecule is O=C(c1ccc(Cl)cc1O)N1CCC(CO)CC1. The quantitative estimate of drug-likeness (QED) is 0.862. The van der Waals surface area contributed by atoms with Gasteiger partial charge >= 0.3 is 0 Å². The molecule has 1 saturated heterocycles. The van der Waals surface area contributed by atoms with Crippen LogP contribution < -0.4 is 0 Å². The lowest BCUT2D eigenvalue weighted by Gasteiger charge is -2.31. The van der Waals surface area contributed by atoms with E-state index >= 15 is 0 Å². The van der Waals surface area contributed by atoms with Crippen LogP contribution in [0.15, 0.2) is 18.2 Å². The van der Waals surface area contributed by atoms with Gasteiger partial charge in [0.1, 0.15) is 5.75 Å². The maximum Gasteiger partial charge on any atom is 0.257 e. The van der Waals surface area contributed by atoms with Crippen molar-refractivity contribution >= 4 is 17.5 Å². The van der Waals surface area contributed by atoms with Crippen molar-refractivity contribution in [2.45, 2.75) is 12.8 Å². The Labute approximate surface area is 111 Å². The Hall–Kier alpha value is -1.26. The van der Waals surface area contributed by atoms with Crippen LogP contribution >= 0.6 is 11.6 Å². The minimum absolute atomic E-state index is 0.0863. The third-order valence-corrected chi connectivity index (χ3v) is 3.59. The Balaban J connectivity index is 2.08. The number of halogens is 1. The van der Waals surface area contributed by atoms with Crippen molar-refractivity contribution in [3.63, 3.8) is 0 Å². The van der Waals surface area contributed by atoms with Crippen molar-refractivity contribution in [1.82, 2.24) is 4.90 Å². The third kappa shape index (κ3) is 2.76. The normalized spacial score (nSPS) is 16.9. The average molecular weight is 270 g/mol. The molecule has 18 heavy (non-hydrogen) atoms. The predicted octanol–water partition coefficient (Wildman–Crippen LogP) is 1.89. The molecule has 0 saturated carbocycles. The molecule has 1 aromatic carbocycles. The van der Waals surface area contributed by atoms with Crippen LogP contribution in [0.25, 0.3) is 0 Å². The highest BCUT2D eigenvalue weighted by Crippen LogP contribution is 2.25. The van der Waals surface area contributed by atoms with Gasteiger partial charge in [0.05, 0.1) is 5.56 Å². The number of benzene rings is 1. The van der Waals surface area contributed by atoms with Gasteiger partial charge in [0, 0.05) is 24.7 Å². The van der Waals surface area contributed by atoms with Crippen LogP contribution in [-0.4, -0.2) is 40.7 Å². The fraction of sp³-hybridized carbons (Fsp3) is 0.462. The molecular formula is C13H16ClNO3. The van der Waals surface area contributed by atoms with Crippen LogP contribution in [0.3, 0.4) is 0 Å². The number of carbonyl (C=O) groups is 1. The lowest BCUT2D eigenvalue weighted by molar-refractivity contribution is 0.0648. The van der Waals surface area contributed by atoms with Crippen molar-refractivity contribution in [2.24, 2.45) is 5.92 Å². The number of aliphatic hydroxyl groups is 1. The Morgan fingerprint density at radius 2 is 2.06 bits per heavy atom. The third-order valence-electron chi connectivity index (χ3n) is 3.35. The number of likely N-dealkylation sites (tertiary alicyclic amines) is 1.